The van der Waals surface area contributed by atoms with Crippen molar-refractivity contribution in [2.45, 2.75) is 37.9 Å². The maximum Gasteiger partial charge on any atom is 0.180 e. The number of carbonyl (C=O) groups is 1. The van der Waals surface area contributed by atoms with Gasteiger partial charge < -0.3 is 5.11 Å². The van der Waals surface area contributed by atoms with Crippen molar-refractivity contribution in [3.8, 4) is 5.75 Å². The number of hydrogen-bond acceptors (Lipinski definition) is 2. The van der Waals surface area contributed by atoms with Crippen LogP contribution in [0.3, 0.4) is 0 Å². The highest BCUT2D eigenvalue weighted by Gasteiger charge is 2.19. The summed E-state index contributed by atoms with van der Waals surface area (Å²) in [6.45, 7) is 4.00. The molecular weight excluding hydrogens is 268 g/mol. The van der Waals surface area contributed by atoms with Crippen molar-refractivity contribution in [2.75, 3.05) is 0 Å². The molecule has 1 N–H and O–H groups in total. The SMILES string of the molecule is CCCCC(Br)C(=O)c1cc(C)ccc1O. The number of aryl methyl sites for hydroxylation is 1. The average molecular weight is 285 g/mol. The summed E-state index contributed by atoms with van der Waals surface area (Å²) in [4.78, 5) is 11.8. The van der Waals surface area contributed by atoms with E-state index < -0.39 is 0 Å². The van der Waals surface area contributed by atoms with Gasteiger partial charge in [-0.25, -0.2) is 0 Å². The largest absolute Gasteiger partial charge is 0.507 e. The number of phenolic OH excluding ortho intramolecular Hbond substituents is 1. The molecule has 0 spiro atoms. The maximum absolute atomic E-state index is 12.0. The van der Waals surface area contributed by atoms with Gasteiger partial charge in [0.2, 0.25) is 0 Å². The van der Waals surface area contributed by atoms with Crippen molar-refractivity contribution in [1.82, 2.24) is 0 Å². The fourth-order valence-corrected chi connectivity index (χ4v) is 2.10. The molecule has 0 amide bonds. The number of rotatable bonds is 5. The van der Waals surface area contributed by atoms with E-state index in [1.165, 1.54) is 0 Å². The zero-order valence-electron chi connectivity index (χ0n) is 9.66. The van der Waals surface area contributed by atoms with Crippen molar-refractivity contribution >= 4 is 21.7 Å². The highest BCUT2D eigenvalue weighted by Crippen LogP contribution is 2.24. The molecule has 0 saturated carbocycles. The molecule has 1 unspecified atom stereocenters. The first-order valence-corrected chi connectivity index (χ1v) is 6.45. The molecular formula is C13H17BrO2. The number of ketones is 1. The first-order chi connectivity index (χ1) is 7.56. The first-order valence-electron chi connectivity index (χ1n) is 5.54. The number of Topliss-reactive ketones (excluding diaryl/α,β-unsaturated/α-hetero) is 1. The van der Waals surface area contributed by atoms with Gasteiger partial charge in [-0.3, -0.25) is 4.79 Å². The molecule has 1 rings (SSSR count). The predicted molar refractivity (Wildman–Crippen MR) is 69.4 cm³/mol. The Hall–Kier alpha value is -0.830. The van der Waals surface area contributed by atoms with Gasteiger partial charge in [-0.05, 0) is 25.5 Å². The predicted octanol–water partition coefficient (Wildman–Crippen LogP) is 3.84. The van der Waals surface area contributed by atoms with Crippen LogP contribution in [0.25, 0.3) is 0 Å². The lowest BCUT2D eigenvalue weighted by molar-refractivity contribution is 0.0985. The van der Waals surface area contributed by atoms with Crippen molar-refractivity contribution in [1.29, 1.82) is 0 Å². The van der Waals surface area contributed by atoms with Crippen LogP contribution in [-0.4, -0.2) is 15.7 Å². The molecule has 0 aliphatic rings. The molecule has 2 nitrogen and oxygen atoms in total. The zero-order chi connectivity index (χ0) is 12.1. The summed E-state index contributed by atoms with van der Waals surface area (Å²) in [5.74, 6) is 0.0335. The van der Waals surface area contributed by atoms with Crippen LogP contribution in [0.4, 0.5) is 0 Å². The van der Waals surface area contributed by atoms with E-state index in [9.17, 15) is 9.90 Å². The van der Waals surface area contributed by atoms with Crippen molar-refractivity contribution in [3.63, 3.8) is 0 Å². The van der Waals surface area contributed by atoms with E-state index in [0.717, 1.165) is 24.8 Å². The molecule has 0 aliphatic heterocycles. The van der Waals surface area contributed by atoms with Gasteiger partial charge in [0.05, 0.1) is 10.4 Å². The van der Waals surface area contributed by atoms with Gasteiger partial charge in [0.15, 0.2) is 5.78 Å². The van der Waals surface area contributed by atoms with Crippen LogP contribution >= 0.6 is 15.9 Å². The first kappa shape index (κ1) is 13.2. The van der Waals surface area contributed by atoms with E-state index in [2.05, 4.69) is 22.9 Å². The van der Waals surface area contributed by atoms with E-state index >= 15 is 0 Å². The van der Waals surface area contributed by atoms with Gasteiger partial charge in [-0.2, -0.15) is 0 Å². The number of unbranched alkanes of at least 4 members (excludes halogenated alkanes) is 1. The second kappa shape index (κ2) is 6.04. The third-order valence-electron chi connectivity index (χ3n) is 2.51. The fourth-order valence-electron chi connectivity index (χ4n) is 1.53. The number of aromatic hydroxyl groups is 1. The Kier molecular flexibility index (Phi) is 5.00. The molecule has 1 aromatic rings. The lowest BCUT2D eigenvalue weighted by Gasteiger charge is -2.10. The van der Waals surface area contributed by atoms with Crippen LogP contribution < -0.4 is 0 Å². The lowest BCUT2D eigenvalue weighted by Crippen LogP contribution is -2.14. The summed E-state index contributed by atoms with van der Waals surface area (Å²) in [6, 6.07) is 5.10. The van der Waals surface area contributed by atoms with Crippen molar-refractivity contribution in [3.05, 3.63) is 29.3 Å². The number of phenols is 1. The Balaban J connectivity index is 2.83. The summed E-state index contributed by atoms with van der Waals surface area (Å²) in [5, 5.41) is 9.64. The molecule has 0 saturated heterocycles. The number of hydrogen-bond donors (Lipinski definition) is 1. The average Bonchev–Trinajstić information content (AvgIpc) is 2.28. The van der Waals surface area contributed by atoms with E-state index in [4.69, 9.17) is 0 Å². The Morgan fingerprint density at radius 2 is 2.19 bits per heavy atom. The Morgan fingerprint density at radius 1 is 1.50 bits per heavy atom. The van der Waals surface area contributed by atoms with Crippen molar-refractivity contribution in [2.24, 2.45) is 0 Å². The molecule has 0 aliphatic carbocycles. The van der Waals surface area contributed by atoms with E-state index in [1.54, 1.807) is 18.2 Å². The van der Waals surface area contributed by atoms with Crippen LogP contribution in [0.1, 0.15) is 42.1 Å². The van der Waals surface area contributed by atoms with Gasteiger partial charge in [-0.1, -0.05) is 47.3 Å². The quantitative estimate of drug-likeness (QED) is 0.659. The van der Waals surface area contributed by atoms with E-state index in [1.807, 2.05) is 6.92 Å². The second-order valence-corrected chi connectivity index (χ2v) is 5.10. The number of carbonyl (C=O) groups excluding carboxylic acids is 1. The molecule has 0 radical (unpaired) electrons. The highest BCUT2D eigenvalue weighted by atomic mass is 79.9. The molecule has 3 heteroatoms. The summed E-state index contributed by atoms with van der Waals surface area (Å²) in [7, 11) is 0. The third-order valence-corrected chi connectivity index (χ3v) is 3.39. The monoisotopic (exact) mass is 284 g/mol. The Bertz CT molecular complexity index is 374. The fraction of sp³-hybridized carbons (Fsp3) is 0.462. The normalized spacial score (nSPS) is 12.4. The molecule has 88 valence electrons. The maximum atomic E-state index is 12.0. The molecule has 0 fully saturated rings. The van der Waals surface area contributed by atoms with Gasteiger partial charge in [-0.15, -0.1) is 0 Å². The van der Waals surface area contributed by atoms with Crippen LogP contribution in [0.2, 0.25) is 0 Å². The third kappa shape index (κ3) is 3.34. The van der Waals surface area contributed by atoms with Crippen LogP contribution in [0.15, 0.2) is 18.2 Å². The number of benzene rings is 1. The lowest BCUT2D eigenvalue weighted by atomic mass is 10.0. The molecule has 0 bridgehead atoms. The number of halogens is 1. The summed E-state index contributed by atoms with van der Waals surface area (Å²) >= 11 is 3.38. The summed E-state index contributed by atoms with van der Waals surface area (Å²) < 4.78 is 0. The zero-order valence-corrected chi connectivity index (χ0v) is 11.3. The van der Waals surface area contributed by atoms with Gasteiger partial charge in [0.1, 0.15) is 5.75 Å². The highest BCUT2D eigenvalue weighted by molar-refractivity contribution is 9.10. The Labute approximate surface area is 105 Å². The van der Waals surface area contributed by atoms with Crippen LogP contribution in [0, 0.1) is 6.92 Å². The van der Waals surface area contributed by atoms with Gasteiger partial charge in [0.25, 0.3) is 0 Å². The molecule has 1 atom stereocenters. The number of alkyl halides is 1. The van der Waals surface area contributed by atoms with Crippen LogP contribution in [-0.2, 0) is 0 Å². The minimum Gasteiger partial charge on any atom is -0.507 e. The van der Waals surface area contributed by atoms with E-state index in [-0.39, 0.29) is 16.4 Å². The minimum atomic E-state index is -0.194. The standard InChI is InChI=1S/C13H17BrO2/c1-3-4-5-11(14)13(16)10-8-9(2)6-7-12(10)15/h6-8,11,15H,3-5H2,1-2H3. The molecule has 0 heterocycles. The van der Waals surface area contributed by atoms with Gasteiger partial charge in [0, 0.05) is 0 Å². The van der Waals surface area contributed by atoms with E-state index in [0.29, 0.717) is 5.56 Å². The Morgan fingerprint density at radius 3 is 2.81 bits per heavy atom. The smallest absolute Gasteiger partial charge is 0.180 e. The van der Waals surface area contributed by atoms with Crippen molar-refractivity contribution < 1.29 is 9.90 Å². The molecule has 0 aromatic heterocycles. The topological polar surface area (TPSA) is 37.3 Å². The molecule has 16 heavy (non-hydrogen) atoms. The summed E-state index contributed by atoms with van der Waals surface area (Å²) in [5.41, 5.74) is 1.40. The second-order valence-electron chi connectivity index (χ2n) is 3.99. The van der Waals surface area contributed by atoms with Crippen LogP contribution in [0.5, 0.6) is 5.75 Å². The summed E-state index contributed by atoms with van der Waals surface area (Å²) in [6.07, 6.45) is 2.88. The molecule has 1 aromatic carbocycles. The van der Waals surface area contributed by atoms with Gasteiger partial charge >= 0.3 is 0 Å². The minimum absolute atomic E-state index is 0.0327.